The molecule has 7 heteroatoms. The molecular weight excluding hydrogens is 348 g/mol. The van der Waals surface area contributed by atoms with E-state index in [9.17, 15) is 9.59 Å². The fourth-order valence-corrected chi connectivity index (χ4v) is 5.44. The Morgan fingerprint density at radius 3 is 3.08 bits per heavy atom. The zero-order chi connectivity index (χ0) is 18.1. The molecule has 1 aromatic carbocycles. The number of rotatable bonds is 6. The molecule has 2 saturated heterocycles. The van der Waals surface area contributed by atoms with Gasteiger partial charge in [-0.05, 0) is 31.0 Å². The Hall–Kier alpha value is -2.15. The van der Waals surface area contributed by atoms with Gasteiger partial charge in [-0.15, -0.1) is 0 Å². The second-order valence-electron chi connectivity index (χ2n) is 7.08. The van der Waals surface area contributed by atoms with Crippen molar-refractivity contribution in [2.24, 2.45) is 7.05 Å². The fraction of sp³-hybridized carbons (Fsp3) is 0.474. The average Bonchev–Trinajstić information content (AvgIpc) is 3.28. The Labute approximate surface area is 157 Å². The fourth-order valence-electron chi connectivity index (χ4n) is 3.90. The second-order valence-corrected chi connectivity index (χ2v) is 8.35. The summed E-state index contributed by atoms with van der Waals surface area (Å²) in [5.41, 5.74) is 1.99. The standard InChI is InChI=1S/C19H24N4O2S/c1-23-10-9-12-13(5-4-6-15(12)23)20-17(24)8-3-2-7-16-18-14(11-26-16)21-19(25)22-18/h4-6,9-10,14,16,18H,2-3,7-8,11H2,1H3,(H,20,24)(H2,21,22,25)/t14-,16+,18+/m1/s1. The van der Waals surface area contributed by atoms with Crippen molar-refractivity contribution in [1.82, 2.24) is 15.2 Å². The van der Waals surface area contributed by atoms with Gasteiger partial charge in [-0.1, -0.05) is 12.5 Å². The lowest BCUT2D eigenvalue weighted by Crippen LogP contribution is -2.36. The first-order chi connectivity index (χ1) is 12.6. The molecule has 4 rings (SSSR count). The number of nitrogens with zero attached hydrogens (tertiary/aromatic N) is 1. The van der Waals surface area contributed by atoms with Gasteiger partial charge in [-0.2, -0.15) is 11.8 Å². The number of unbranched alkanes of at least 4 members (excludes halogenated alkanes) is 1. The van der Waals surface area contributed by atoms with Gasteiger partial charge in [0.2, 0.25) is 5.91 Å². The molecule has 2 aliphatic rings. The molecule has 3 heterocycles. The van der Waals surface area contributed by atoms with Crippen LogP contribution in [0.25, 0.3) is 10.9 Å². The van der Waals surface area contributed by atoms with Crippen molar-refractivity contribution in [3.63, 3.8) is 0 Å². The molecule has 26 heavy (non-hydrogen) atoms. The van der Waals surface area contributed by atoms with E-state index >= 15 is 0 Å². The first-order valence-electron chi connectivity index (χ1n) is 9.14. The average molecular weight is 372 g/mol. The topological polar surface area (TPSA) is 75.2 Å². The lowest BCUT2D eigenvalue weighted by molar-refractivity contribution is -0.116. The summed E-state index contributed by atoms with van der Waals surface area (Å²) in [5, 5.41) is 10.6. The van der Waals surface area contributed by atoms with Crippen molar-refractivity contribution in [1.29, 1.82) is 0 Å². The lowest BCUT2D eigenvalue weighted by Gasteiger charge is -2.16. The Kier molecular flexibility index (Phi) is 4.80. The highest BCUT2D eigenvalue weighted by Gasteiger charge is 2.42. The van der Waals surface area contributed by atoms with E-state index in [1.165, 1.54) is 0 Å². The highest BCUT2D eigenvalue weighted by Crippen LogP contribution is 2.33. The number of aromatic nitrogens is 1. The van der Waals surface area contributed by atoms with E-state index in [1.54, 1.807) is 0 Å². The maximum Gasteiger partial charge on any atom is 0.315 e. The molecule has 0 saturated carbocycles. The molecule has 3 atom stereocenters. The van der Waals surface area contributed by atoms with Crippen LogP contribution in [0, 0.1) is 0 Å². The summed E-state index contributed by atoms with van der Waals surface area (Å²) < 4.78 is 2.05. The minimum atomic E-state index is -0.0419. The predicted octanol–water partition coefficient (Wildman–Crippen LogP) is 2.84. The van der Waals surface area contributed by atoms with Crippen molar-refractivity contribution in [3.8, 4) is 0 Å². The number of nitrogens with one attached hydrogen (secondary N) is 3. The maximum atomic E-state index is 12.3. The van der Waals surface area contributed by atoms with Crippen molar-refractivity contribution >= 4 is 40.3 Å². The zero-order valence-corrected chi connectivity index (χ0v) is 15.6. The van der Waals surface area contributed by atoms with E-state index in [0.717, 1.165) is 41.6 Å². The van der Waals surface area contributed by atoms with Gasteiger partial charge in [-0.25, -0.2) is 4.79 Å². The van der Waals surface area contributed by atoms with Crippen molar-refractivity contribution in [2.75, 3.05) is 11.1 Å². The summed E-state index contributed by atoms with van der Waals surface area (Å²) >= 11 is 1.92. The number of anilines is 1. The molecule has 2 fully saturated rings. The van der Waals surface area contributed by atoms with Crippen molar-refractivity contribution < 1.29 is 9.59 Å². The van der Waals surface area contributed by atoms with Crippen LogP contribution in [0.1, 0.15) is 25.7 Å². The third-order valence-electron chi connectivity index (χ3n) is 5.28. The molecule has 0 aliphatic carbocycles. The minimum absolute atomic E-state index is 0.0419. The van der Waals surface area contributed by atoms with Gasteiger partial charge < -0.3 is 20.5 Å². The normalized spacial score (nSPS) is 24.3. The molecule has 1 aromatic heterocycles. The Morgan fingerprint density at radius 2 is 2.19 bits per heavy atom. The van der Waals surface area contributed by atoms with Crippen molar-refractivity contribution in [2.45, 2.75) is 43.0 Å². The Morgan fingerprint density at radius 1 is 1.31 bits per heavy atom. The highest BCUT2D eigenvalue weighted by molar-refractivity contribution is 8.00. The number of hydrogen-bond donors (Lipinski definition) is 3. The van der Waals surface area contributed by atoms with E-state index in [-0.39, 0.29) is 24.0 Å². The number of carbonyl (C=O) groups excluding carboxylic acids is 2. The molecule has 3 N–H and O–H groups in total. The molecular formula is C19H24N4O2S. The van der Waals surface area contributed by atoms with Crippen LogP contribution in [0.5, 0.6) is 0 Å². The number of thioether (sulfide) groups is 1. The van der Waals surface area contributed by atoms with Gasteiger partial charge in [0.25, 0.3) is 0 Å². The molecule has 0 unspecified atom stereocenters. The minimum Gasteiger partial charge on any atom is -0.350 e. The van der Waals surface area contributed by atoms with Gasteiger partial charge in [0.1, 0.15) is 0 Å². The van der Waals surface area contributed by atoms with Crippen LogP contribution >= 0.6 is 11.8 Å². The summed E-state index contributed by atoms with van der Waals surface area (Å²) in [6, 6.07) is 8.47. The summed E-state index contributed by atoms with van der Waals surface area (Å²) in [4.78, 5) is 23.7. The van der Waals surface area contributed by atoms with Gasteiger partial charge in [0.05, 0.1) is 17.8 Å². The number of benzene rings is 1. The van der Waals surface area contributed by atoms with Gasteiger partial charge >= 0.3 is 6.03 Å². The van der Waals surface area contributed by atoms with E-state index in [1.807, 2.05) is 53.8 Å². The van der Waals surface area contributed by atoms with E-state index in [2.05, 4.69) is 16.0 Å². The molecule has 6 nitrogen and oxygen atoms in total. The number of aryl methyl sites for hydroxylation is 1. The van der Waals surface area contributed by atoms with Crippen LogP contribution in [0.4, 0.5) is 10.5 Å². The largest absolute Gasteiger partial charge is 0.350 e. The Bertz CT molecular complexity index is 834. The molecule has 0 bridgehead atoms. The molecule has 3 amide bonds. The monoisotopic (exact) mass is 372 g/mol. The number of hydrogen-bond acceptors (Lipinski definition) is 3. The summed E-state index contributed by atoms with van der Waals surface area (Å²) in [5.74, 6) is 1.05. The van der Waals surface area contributed by atoms with Crippen LogP contribution in [0.2, 0.25) is 0 Å². The molecule has 0 radical (unpaired) electrons. The third-order valence-corrected chi connectivity index (χ3v) is 6.79. The first kappa shape index (κ1) is 17.3. The van der Waals surface area contributed by atoms with E-state index in [4.69, 9.17) is 0 Å². The summed E-state index contributed by atoms with van der Waals surface area (Å²) in [6.45, 7) is 0. The number of carbonyl (C=O) groups is 2. The smallest absolute Gasteiger partial charge is 0.315 e. The summed E-state index contributed by atoms with van der Waals surface area (Å²) in [6.07, 6.45) is 5.43. The van der Waals surface area contributed by atoms with Gasteiger partial charge in [0.15, 0.2) is 0 Å². The van der Waals surface area contributed by atoms with Gasteiger partial charge in [-0.3, -0.25) is 4.79 Å². The van der Waals surface area contributed by atoms with E-state index in [0.29, 0.717) is 11.7 Å². The molecule has 2 aliphatic heterocycles. The SMILES string of the molecule is Cn1ccc2c(NC(=O)CCCC[C@@H]3SC[C@H]4NC(=O)N[C@H]34)cccc21. The number of fused-ring (bicyclic) bond motifs is 2. The molecule has 2 aromatic rings. The number of amides is 3. The van der Waals surface area contributed by atoms with Crippen molar-refractivity contribution in [3.05, 3.63) is 30.5 Å². The second kappa shape index (κ2) is 7.23. The van der Waals surface area contributed by atoms with E-state index < -0.39 is 0 Å². The van der Waals surface area contributed by atoms with Crippen LogP contribution < -0.4 is 16.0 Å². The lowest BCUT2D eigenvalue weighted by atomic mass is 10.0. The third kappa shape index (κ3) is 3.40. The summed E-state index contributed by atoms with van der Waals surface area (Å²) in [7, 11) is 2.00. The predicted molar refractivity (Wildman–Crippen MR) is 106 cm³/mol. The Balaban J connectivity index is 1.24. The zero-order valence-electron chi connectivity index (χ0n) is 14.8. The molecule has 0 spiro atoms. The maximum absolute atomic E-state index is 12.3. The van der Waals surface area contributed by atoms with Crippen LogP contribution in [-0.4, -0.2) is 39.6 Å². The van der Waals surface area contributed by atoms with Crippen LogP contribution in [0.15, 0.2) is 30.5 Å². The highest BCUT2D eigenvalue weighted by atomic mass is 32.2. The quantitative estimate of drug-likeness (QED) is 0.539. The van der Waals surface area contributed by atoms with Crippen LogP contribution in [-0.2, 0) is 11.8 Å². The first-order valence-corrected chi connectivity index (χ1v) is 10.2. The van der Waals surface area contributed by atoms with Crippen LogP contribution in [0.3, 0.4) is 0 Å². The van der Waals surface area contributed by atoms with Gasteiger partial charge in [0, 0.05) is 41.6 Å². The number of urea groups is 1. The molecule has 138 valence electrons.